The van der Waals surface area contributed by atoms with E-state index in [9.17, 15) is 9.59 Å². The van der Waals surface area contributed by atoms with Gasteiger partial charge < -0.3 is 4.74 Å². The van der Waals surface area contributed by atoms with Crippen LogP contribution >= 0.6 is 0 Å². The molecule has 0 bridgehead atoms. The molecule has 1 saturated carbocycles. The van der Waals surface area contributed by atoms with Crippen molar-refractivity contribution in [2.24, 2.45) is 5.41 Å². The molecular formula is C15H18O3. The Bertz CT molecular complexity index is 448. The monoisotopic (exact) mass is 246 g/mol. The van der Waals surface area contributed by atoms with Crippen LogP contribution in [0.5, 0.6) is 0 Å². The molecular weight excluding hydrogens is 228 g/mol. The number of esters is 1. The van der Waals surface area contributed by atoms with Crippen LogP contribution in [0.25, 0.3) is 0 Å². The largest absolute Gasteiger partial charge is 0.451 e. The summed E-state index contributed by atoms with van der Waals surface area (Å²) in [5.41, 5.74) is 0.530. The summed E-state index contributed by atoms with van der Waals surface area (Å²) in [5.74, 6) is -0.371. The van der Waals surface area contributed by atoms with Gasteiger partial charge in [0.05, 0.1) is 5.56 Å². The highest BCUT2D eigenvalue weighted by molar-refractivity contribution is 5.93. The topological polar surface area (TPSA) is 43.4 Å². The van der Waals surface area contributed by atoms with E-state index >= 15 is 0 Å². The van der Waals surface area contributed by atoms with Crippen molar-refractivity contribution in [2.45, 2.75) is 39.2 Å². The predicted molar refractivity (Wildman–Crippen MR) is 68.3 cm³/mol. The Morgan fingerprint density at radius 3 is 2.56 bits per heavy atom. The van der Waals surface area contributed by atoms with E-state index in [-0.39, 0.29) is 11.2 Å². The molecule has 0 radical (unpaired) electrons. The van der Waals surface area contributed by atoms with Crippen molar-refractivity contribution in [1.82, 2.24) is 0 Å². The van der Waals surface area contributed by atoms with E-state index in [0.717, 1.165) is 6.42 Å². The van der Waals surface area contributed by atoms with E-state index in [1.807, 2.05) is 6.07 Å². The van der Waals surface area contributed by atoms with Crippen LogP contribution in [0.1, 0.15) is 43.5 Å². The molecule has 1 aliphatic carbocycles. The maximum absolute atomic E-state index is 11.9. The van der Waals surface area contributed by atoms with Crippen LogP contribution < -0.4 is 0 Å². The van der Waals surface area contributed by atoms with Crippen molar-refractivity contribution in [3.8, 4) is 0 Å². The highest BCUT2D eigenvalue weighted by Crippen LogP contribution is 2.34. The maximum Gasteiger partial charge on any atom is 0.338 e. The summed E-state index contributed by atoms with van der Waals surface area (Å²) in [7, 11) is 0. The van der Waals surface area contributed by atoms with Crippen LogP contribution in [0.4, 0.5) is 0 Å². The normalized spacial score (nSPS) is 22.6. The third-order valence-electron chi connectivity index (χ3n) is 3.35. The van der Waals surface area contributed by atoms with Crippen LogP contribution in [0.2, 0.25) is 0 Å². The van der Waals surface area contributed by atoms with E-state index in [1.54, 1.807) is 24.3 Å². The summed E-state index contributed by atoms with van der Waals surface area (Å²) in [6, 6.07) is 8.79. The summed E-state index contributed by atoms with van der Waals surface area (Å²) in [6.07, 6.45) is 1.46. The molecule has 1 aromatic rings. The van der Waals surface area contributed by atoms with Gasteiger partial charge in [0.2, 0.25) is 0 Å². The molecule has 1 aliphatic rings. The first kappa shape index (κ1) is 12.8. The lowest BCUT2D eigenvalue weighted by atomic mass is 9.76. The number of carbonyl (C=O) groups is 2. The molecule has 1 atom stereocenters. The molecule has 0 saturated heterocycles. The van der Waals surface area contributed by atoms with Gasteiger partial charge in [-0.3, -0.25) is 4.79 Å². The number of benzene rings is 1. The van der Waals surface area contributed by atoms with Crippen molar-refractivity contribution in [1.29, 1.82) is 0 Å². The Labute approximate surface area is 107 Å². The molecule has 18 heavy (non-hydrogen) atoms. The number of rotatable bonds is 2. The number of ketones is 1. The number of ether oxygens (including phenoxy) is 1. The number of carbonyl (C=O) groups excluding carboxylic acids is 2. The quantitative estimate of drug-likeness (QED) is 0.753. The molecule has 0 heterocycles. The molecule has 0 amide bonds. The average Bonchev–Trinajstić information content (AvgIpc) is 2.33. The van der Waals surface area contributed by atoms with Gasteiger partial charge in [-0.2, -0.15) is 0 Å². The molecule has 96 valence electrons. The summed E-state index contributed by atoms with van der Waals surface area (Å²) in [6.45, 7) is 4.14. The van der Waals surface area contributed by atoms with Gasteiger partial charge >= 0.3 is 5.97 Å². The van der Waals surface area contributed by atoms with E-state index in [2.05, 4.69) is 13.8 Å². The zero-order valence-corrected chi connectivity index (χ0v) is 10.8. The highest BCUT2D eigenvalue weighted by Gasteiger charge is 2.35. The molecule has 3 nitrogen and oxygen atoms in total. The predicted octanol–water partition coefficient (Wildman–Crippen LogP) is 2.99. The van der Waals surface area contributed by atoms with Crippen molar-refractivity contribution < 1.29 is 14.3 Å². The minimum Gasteiger partial charge on any atom is -0.451 e. The second-order valence-electron chi connectivity index (χ2n) is 5.61. The fourth-order valence-corrected chi connectivity index (χ4v) is 2.25. The minimum absolute atomic E-state index is 0.0345. The maximum atomic E-state index is 11.9. The minimum atomic E-state index is -0.564. The molecule has 2 rings (SSSR count). The lowest BCUT2D eigenvalue weighted by Gasteiger charge is -2.32. The molecule has 0 spiro atoms. The van der Waals surface area contributed by atoms with Gasteiger partial charge in [-0.05, 0) is 30.4 Å². The summed E-state index contributed by atoms with van der Waals surface area (Å²) in [5, 5.41) is 0. The van der Waals surface area contributed by atoms with Crippen LogP contribution in [0.15, 0.2) is 30.3 Å². The second kappa shape index (κ2) is 4.92. The van der Waals surface area contributed by atoms with E-state index in [0.29, 0.717) is 18.4 Å². The Morgan fingerprint density at radius 1 is 1.28 bits per heavy atom. The Morgan fingerprint density at radius 2 is 1.94 bits per heavy atom. The third-order valence-corrected chi connectivity index (χ3v) is 3.35. The third kappa shape index (κ3) is 2.97. The Kier molecular flexibility index (Phi) is 3.50. The standard InChI is InChI=1S/C15H18O3/c1-15(2)9-8-13(12(16)10-15)18-14(17)11-6-4-3-5-7-11/h3-7,13H,8-10H2,1-2H3/t13-/m1/s1. The Hall–Kier alpha value is -1.64. The van der Waals surface area contributed by atoms with Gasteiger partial charge in [0, 0.05) is 6.42 Å². The average molecular weight is 246 g/mol. The summed E-state index contributed by atoms with van der Waals surface area (Å²) < 4.78 is 5.29. The van der Waals surface area contributed by atoms with Crippen molar-refractivity contribution >= 4 is 11.8 Å². The van der Waals surface area contributed by atoms with Crippen LogP contribution in [0, 0.1) is 5.41 Å². The number of hydrogen-bond acceptors (Lipinski definition) is 3. The second-order valence-corrected chi connectivity index (χ2v) is 5.61. The molecule has 0 aliphatic heterocycles. The fraction of sp³-hybridized carbons (Fsp3) is 0.467. The lowest BCUT2D eigenvalue weighted by Crippen LogP contribution is -2.36. The molecule has 0 aromatic heterocycles. The molecule has 0 N–H and O–H groups in total. The fourth-order valence-electron chi connectivity index (χ4n) is 2.25. The van der Waals surface area contributed by atoms with Gasteiger partial charge in [-0.1, -0.05) is 32.0 Å². The molecule has 1 aromatic carbocycles. The van der Waals surface area contributed by atoms with E-state index in [1.165, 1.54) is 0 Å². The van der Waals surface area contributed by atoms with Crippen molar-refractivity contribution in [3.63, 3.8) is 0 Å². The SMILES string of the molecule is CC1(C)CC[C@@H](OC(=O)c2ccccc2)C(=O)C1. The van der Waals surface area contributed by atoms with Gasteiger partial charge in [0.25, 0.3) is 0 Å². The van der Waals surface area contributed by atoms with Crippen LogP contribution in [-0.2, 0) is 9.53 Å². The Balaban J connectivity index is 1.99. The van der Waals surface area contributed by atoms with Gasteiger partial charge in [-0.25, -0.2) is 4.79 Å². The zero-order valence-electron chi connectivity index (χ0n) is 10.8. The van der Waals surface area contributed by atoms with Gasteiger partial charge in [0.1, 0.15) is 0 Å². The van der Waals surface area contributed by atoms with Crippen LogP contribution in [-0.4, -0.2) is 17.9 Å². The smallest absolute Gasteiger partial charge is 0.338 e. The molecule has 0 unspecified atom stereocenters. The van der Waals surface area contributed by atoms with Gasteiger partial charge in [-0.15, -0.1) is 0 Å². The first-order valence-electron chi connectivity index (χ1n) is 6.27. The van der Waals surface area contributed by atoms with E-state index < -0.39 is 12.1 Å². The zero-order chi connectivity index (χ0) is 13.2. The van der Waals surface area contributed by atoms with Crippen LogP contribution in [0.3, 0.4) is 0 Å². The first-order valence-corrected chi connectivity index (χ1v) is 6.27. The molecule has 3 heteroatoms. The number of hydrogen-bond donors (Lipinski definition) is 0. The summed E-state index contributed by atoms with van der Waals surface area (Å²) >= 11 is 0. The summed E-state index contributed by atoms with van der Waals surface area (Å²) in [4.78, 5) is 23.7. The first-order chi connectivity index (χ1) is 8.48. The number of Topliss-reactive ketones (excluding diaryl/α,β-unsaturated/α-hetero) is 1. The van der Waals surface area contributed by atoms with Crippen molar-refractivity contribution in [3.05, 3.63) is 35.9 Å². The highest BCUT2D eigenvalue weighted by atomic mass is 16.5. The lowest BCUT2D eigenvalue weighted by molar-refractivity contribution is -0.133. The van der Waals surface area contributed by atoms with Crippen molar-refractivity contribution in [2.75, 3.05) is 0 Å². The molecule has 1 fully saturated rings. The van der Waals surface area contributed by atoms with Gasteiger partial charge in [0.15, 0.2) is 11.9 Å². The van der Waals surface area contributed by atoms with E-state index in [4.69, 9.17) is 4.74 Å².